The van der Waals surface area contributed by atoms with Crippen LogP contribution in [-0.4, -0.2) is 52.8 Å². The maximum Gasteiger partial charge on any atom is 0.348 e. The summed E-state index contributed by atoms with van der Waals surface area (Å²) in [6.07, 6.45) is 1.35. The largest absolute Gasteiger partial charge is 0.478 e. The Morgan fingerprint density at radius 1 is 1.03 bits per heavy atom. The van der Waals surface area contributed by atoms with Gasteiger partial charge >= 0.3 is 11.9 Å². The predicted octanol–water partition coefficient (Wildman–Crippen LogP) is 7.22. The molecule has 2 unspecified atom stereocenters. The van der Waals surface area contributed by atoms with E-state index in [4.69, 9.17) is 4.74 Å². The Morgan fingerprint density at radius 2 is 1.47 bits per heavy atom. The van der Waals surface area contributed by atoms with Gasteiger partial charge in [0.2, 0.25) is 5.60 Å². The van der Waals surface area contributed by atoms with Crippen molar-refractivity contribution in [1.82, 2.24) is 10.2 Å². The summed E-state index contributed by atoms with van der Waals surface area (Å²) in [5.74, 6) is -0.992. The number of carbonyl (C=O) groups is 2. The lowest BCUT2D eigenvalue weighted by Gasteiger charge is -2.38. The topological polar surface area (TPSA) is 78.9 Å². The van der Waals surface area contributed by atoms with Gasteiger partial charge in [-0.25, -0.2) is 4.79 Å². The second kappa shape index (κ2) is 22.3. The molecule has 208 valence electrons. The molecule has 0 radical (unpaired) electrons. The van der Waals surface area contributed by atoms with Crippen molar-refractivity contribution >= 4 is 11.9 Å². The number of rotatable bonds is 10. The molecular weight excluding hydrogens is 428 g/mol. The van der Waals surface area contributed by atoms with E-state index in [9.17, 15) is 14.7 Å². The molecule has 6 nitrogen and oxygen atoms in total. The quantitative estimate of drug-likeness (QED) is 0.249. The molecule has 1 aliphatic rings. The zero-order valence-corrected chi connectivity index (χ0v) is 25.6. The van der Waals surface area contributed by atoms with Crippen molar-refractivity contribution in [3.8, 4) is 0 Å². The molecule has 0 spiro atoms. The molecule has 3 atom stereocenters. The van der Waals surface area contributed by atoms with Crippen molar-refractivity contribution < 1.29 is 19.4 Å². The number of carbonyl (C=O) groups excluding carboxylic acids is 1. The predicted molar refractivity (Wildman–Crippen MR) is 148 cm³/mol. The van der Waals surface area contributed by atoms with Crippen LogP contribution in [0.5, 0.6) is 0 Å². The van der Waals surface area contributed by atoms with Gasteiger partial charge in [-0.1, -0.05) is 90.0 Å². The number of carboxylic acids is 1. The molecular formula is C28H62N2O4. The molecule has 0 aromatic carbocycles. The number of hydrogen-bond donors (Lipinski definition) is 2. The van der Waals surface area contributed by atoms with Crippen molar-refractivity contribution in [3.05, 3.63) is 0 Å². The zero-order valence-electron chi connectivity index (χ0n) is 25.6. The summed E-state index contributed by atoms with van der Waals surface area (Å²) in [5, 5.41) is 13.1. The van der Waals surface area contributed by atoms with E-state index in [0.717, 1.165) is 19.5 Å². The maximum atomic E-state index is 12.4. The van der Waals surface area contributed by atoms with E-state index in [0.29, 0.717) is 18.9 Å². The molecule has 1 fully saturated rings. The molecule has 0 aliphatic heterocycles. The first-order valence-corrected chi connectivity index (χ1v) is 14.0. The minimum atomic E-state index is -1.37. The van der Waals surface area contributed by atoms with Gasteiger partial charge in [0, 0.05) is 12.5 Å². The highest BCUT2D eigenvalue weighted by atomic mass is 16.6. The smallest absolute Gasteiger partial charge is 0.348 e. The Bertz CT molecular complexity index is 491. The fraction of sp³-hybridized carbons (Fsp3) is 0.929. The van der Waals surface area contributed by atoms with E-state index in [-0.39, 0.29) is 23.9 Å². The fourth-order valence-electron chi connectivity index (χ4n) is 4.46. The van der Waals surface area contributed by atoms with Crippen molar-refractivity contribution in [2.24, 2.45) is 17.8 Å². The van der Waals surface area contributed by atoms with Gasteiger partial charge in [0.1, 0.15) is 0 Å². The van der Waals surface area contributed by atoms with Crippen LogP contribution in [0, 0.1) is 17.8 Å². The van der Waals surface area contributed by atoms with Crippen LogP contribution in [0.2, 0.25) is 0 Å². The maximum absolute atomic E-state index is 12.4. The van der Waals surface area contributed by atoms with Crippen LogP contribution in [0.3, 0.4) is 0 Å². The second-order valence-electron chi connectivity index (χ2n) is 8.31. The van der Waals surface area contributed by atoms with Gasteiger partial charge in [-0.2, -0.15) is 0 Å². The van der Waals surface area contributed by atoms with Crippen molar-refractivity contribution in [1.29, 1.82) is 0 Å². The van der Waals surface area contributed by atoms with Crippen LogP contribution in [-0.2, 0) is 14.3 Å². The molecule has 1 aliphatic carbocycles. The molecule has 1 saturated carbocycles. The first-order chi connectivity index (χ1) is 16.0. The molecule has 0 aromatic rings. The minimum absolute atomic E-state index is 0.165. The summed E-state index contributed by atoms with van der Waals surface area (Å²) in [6.45, 7) is 32.7. The van der Waals surface area contributed by atoms with Gasteiger partial charge in [-0.15, -0.1) is 0 Å². The summed E-state index contributed by atoms with van der Waals surface area (Å²) in [6, 6.07) is 0. The summed E-state index contributed by atoms with van der Waals surface area (Å²) < 4.78 is 5.59. The van der Waals surface area contributed by atoms with Crippen LogP contribution in [0.25, 0.3) is 0 Å². The van der Waals surface area contributed by atoms with Crippen LogP contribution >= 0.6 is 0 Å². The molecule has 0 saturated heterocycles. The van der Waals surface area contributed by atoms with Crippen LogP contribution < -0.4 is 5.32 Å². The molecule has 34 heavy (non-hydrogen) atoms. The molecule has 2 N–H and O–H groups in total. The molecule has 0 heterocycles. The number of ether oxygens (including phenoxy) is 1. The average Bonchev–Trinajstić information content (AvgIpc) is 3.17. The van der Waals surface area contributed by atoms with E-state index >= 15 is 0 Å². The average molecular weight is 491 g/mol. The highest BCUT2D eigenvalue weighted by Gasteiger charge is 2.55. The van der Waals surface area contributed by atoms with E-state index in [1.54, 1.807) is 0 Å². The molecule has 0 aromatic heterocycles. The van der Waals surface area contributed by atoms with Gasteiger partial charge in [-0.3, -0.25) is 15.0 Å². The fourth-order valence-corrected chi connectivity index (χ4v) is 4.46. The Hall–Kier alpha value is -1.14. The van der Waals surface area contributed by atoms with E-state index in [1.807, 2.05) is 62.3 Å². The number of esters is 1. The summed E-state index contributed by atoms with van der Waals surface area (Å²) in [7, 11) is 0. The Balaban J connectivity index is -0.000000506. The van der Waals surface area contributed by atoms with E-state index in [2.05, 4.69) is 51.8 Å². The van der Waals surface area contributed by atoms with Gasteiger partial charge in [-0.05, 0) is 51.6 Å². The first-order valence-electron chi connectivity index (χ1n) is 14.0. The monoisotopic (exact) mass is 490 g/mol. The Morgan fingerprint density at radius 3 is 1.79 bits per heavy atom. The molecule has 6 heteroatoms. The van der Waals surface area contributed by atoms with Crippen molar-refractivity contribution in [3.63, 3.8) is 0 Å². The number of nitrogens with one attached hydrogen (secondary N) is 1. The van der Waals surface area contributed by atoms with E-state index in [1.165, 1.54) is 0 Å². The van der Waals surface area contributed by atoms with Crippen LogP contribution in [0.15, 0.2) is 0 Å². The molecule has 0 bridgehead atoms. The third kappa shape index (κ3) is 12.5. The van der Waals surface area contributed by atoms with Crippen LogP contribution in [0.1, 0.15) is 123 Å². The van der Waals surface area contributed by atoms with Crippen molar-refractivity contribution in [2.45, 2.75) is 134 Å². The standard InChI is InChI=1S/C20H38N2O4.4C2H6/c1-8-22(9-2)19(6,7)21-13-11-17(23)26-20(18(24)25)12-10-16(14(3)4)15(20)5;4*1-2/h14-16,21H,8-13H2,1-7H3,(H,24,25);4*1-2H3/t15?,16?,20-;;;;/m1..../s1. The lowest BCUT2D eigenvalue weighted by Crippen LogP contribution is -2.55. The lowest BCUT2D eigenvalue weighted by atomic mass is 9.81. The number of hydrogen-bond acceptors (Lipinski definition) is 5. The molecule has 1 rings (SSSR count). The summed E-state index contributed by atoms with van der Waals surface area (Å²) >= 11 is 0. The van der Waals surface area contributed by atoms with Gasteiger partial charge in [0.25, 0.3) is 0 Å². The lowest BCUT2D eigenvalue weighted by molar-refractivity contribution is -0.184. The summed E-state index contributed by atoms with van der Waals surface area (Å²) in [5.41, 5.74) is -1.60. The SMILES string of the molecule is CC.CC.CC.CC.CCN(CC)C(C)(C)NCCC(=O)O[C@]1(C(=O)O)CCC(C(C)C)C1C. The summed E-state index contributed by atoms with van der Waals surface area (Å²) in [4.78, 5) is 26.6. The molecule has 0 amide bonds. The number of nitrogens with zero attached hydrogens (tertiary/aromatic N) is 1. The zero-order chi connectivity index (χ0) is 28.1. The minimum Gasteiger partial charge on any atom is -0.478 e. The Kier molecular flexibility index (Phi) is 26.3. The van der Waals surface area contributed by atoms with Gasteiger partial charge in [0.05, 0.1) is 12.1 Å². The third-order valence-electron chi connectivity index (χ3n) is 6.18. The van der Waals surface area contributed by atoms with Gasteiger partial charge < -0.3 is 9.84 Å². The van der Waals surface area contributed by atoms with E-state index < -0.39 is 17.5 Å². The van der Waals surface area contributed by atoms with Crippen molar-refractivity contribution in [2.75, 3.05) is 19.6 Å². The first kappa shape index (κ1) is 40.0. The van der Waals surface area contributed by atoms with Gasteiger partial charge in [0.15, 0.2) is 0 Å². The third-order valence-corrected chi connectivity index (χ3v) is 6.18. The second-order valence-corrected chi connectivity index (χ2v) is 8.31. The highest BCUT2D eigenvalue weighted by molar-refractivity contribution is 5.83. The number of aliphatic carboxylic acids is 1. The van der Waals surface area contributed by atoms with Crippen LogP contribution in [0.4, 0.5) is 0 Å². The highest BCUT2D eigenvalue weighted by Crippen LogP contribution is 2.46. The normalized spacial score (nSPS) is 21.0. The number of carboxylic acid groups (broad SMARTS) is 1. The Labute approximate surface area is 213 Å².